The maximum atomic E-state index is 6.06. The van der Waals surface area contributed by atoms with Crippen LogP contribution in [0.3, 0.4) is 0 Å². The van der Waals surface area contributed by atoms with E-state index in [2.05, 4.69) is 17.1 Å². The minimum absolute atomic E-state index is 0.687. The van der Waals surface area contributed by atoms with Crippen LogP contribution in [0, 0.1) is 0 Å². The molecule has 4 aromatic rings. The number of rotatable bonds is 5. The SMILES string of the molecule is COc1ccc(-c2nc(N=Cc3cccc(Cl)c3)sc2-c2ccccc2)cc1. The fraction of sp³-hybridized carbons (Fsp3) is 0.0435. The zero-order chi connectivity index (χ0) is 19.3. The van der Waals surface area contributed by atoms with Crippen molar-refractivity contribution in [3.8, 4) is 27.4 Å². The lowest BCUT2D eigenvalue weighted by Gasteiger charge is -2.04. The zero-order valence-corrected chi connectivity index (χ0v) is 16.7. The highest BCUT2D eigenvalue weighted by Gasteiger charge is 2.14. The minimum atomic E-state index is 0.687. The van der Waals surface area contributed by atoms with Gasteiger partial charge in [0.1, 0.15) is 5.75 Å². The molecule has 0 aliphatic rings. The van der Waals surface area contributed by atoms with Crippen LogP contribution < -0.4 is 4.74 Å². The molecule has 0 atom stereocenters. The van der Waals surface area contributed by atoms with Gasteiger partial charge in [0, 0.05) is 16.8 Å². The summed E-state index contributed by atoms with van der Waals surface area (Å²) in [5, 5.41) is 1.39. The van der Waals surface area contributed by atoms with Crippen LogP contribution in [0.4, 0.5) is 5.13 Å². The molecule has 0 saturated heterocycles. The molecule has 0 bridgehead atoms. The highest BCUT2D eigenvalue weighted by Crippen LogP contribution is 2.40. The summed E-state index contributed by atoms with van der Waals surface area (Å²) in [6.45, 7) is 0. The predicted molar refractivity (Wildman–Crippen MR) is 118 cm³/mol. The van der Waals surface area contributed by atoms with Gasteiger partial charge in [0.15, 0.2) is 0 Å². The van der Waals surface area contributed by atoms with E-state index in [1.165, 1.54) is 0 Å². The topological polar surface area (TPSA) is 34.5 Å². The van der Waals surface area contributed by atoms with E-state index in [0.717, 1.165) is 33.0 Å². The summed E-state index contributed by atoms with van der Waals surface area (Å²) in [5.74, 6) is 0.819. The van der Waals surface area contributed by atoms with Gasteiger partial charge in [-0.05, 0) is 47.5 Å². The molecule has 0 saturated carbocycles. The van der Waals surface area contributed by atoms with Crippen molar-refractivity contribution in [3.05, 3.63) is 89.4 Å². The molecule has 0 amide bonds. The van der Waals surface area contributed by atoms with Crippen molar-refractivity contribution in [1.29, 1.82) is 0 Å². The Kier molecular flexibility index (Phi) is 5.51. The Morgan fingerprint density at radius 3 is 2.43 bits per heavy atom. The van der Waals surface area contributed by atoms with E-state index in [4.69, 9.17) is 21.3 Å². The first-order valence-electron chi connectivity index (χ1n) is 8.73. The number of hydrogen-bond acceptors (Lipinski definition) is 4. The number of methoxy groups -OCH3 is 1. The lowest BCUT2D eigenvalue weighted by atomic mass is 10.1. The predicted octanol–water partition coefficient (Wildman–Crippen LogP) is 6.89. The number of nitrogens with zero attached hydrogens (tertiary/aromatic N) is 2. The van der Waals surface area contributed by atoms with Gasteiger partial charge in [-0.25, -0.2) is 9.98 Å². The maximum Gasteiger partial charge on any atom is 0.210 e. The molecular weight excluding hydrogens is 388 g/mol. The van der Waals surface area contributed by atoms with E-state index in [0.29, 0.717) is 10.2 Å². The van der Waals surface area contributed by atoms with Gasteiger partial charge in [-0.15, -0.1) is 0 Å². The zero-order valence-electron chi connectivity index (χ0n) is 15.2. The Bertz CT molecular complexity index is 1110. The lowest BCUT2D eigenvalue weighted by molar-refractivity contribution is 0.415. The number of ether oxygens (including phenoxy) is 1. The summed E-state index contributed by atoms with van der Waals surface area (Å²) in [4.78, 5) is 10.5. The van der Waals surface area contributed by atoms with Crippen molar-refractivity contribution in [2.75, 3.05) is 7.11 Å². The number of halogens is 1. The summed E-state index contributed by atoms with van der Waals surface area (Å²) in [6, 6.07) is 25.8. The Hall–Kier alpha value is -2.95. The van der Waals surface area contributed by atoms with Gasteiger partial charge >= 0.3 is 0 Å². The highest BCUT2D eigenvalue weighted by molar-refractivity contribution is 7.19. The Labute approximate surface area is 173 Å². The average Bonchev–Trinajstić information content (AvgIpc) is 3.17. The van der Waals surface area contributed by atoms with Crippen LogP contribution in [0.15, 0.2) is 83.9 Å². The molecule has 0 aliphatic heterocycles. The summed E-state index contributed by atoms with van der Waals surface area (Å²) >= 11 is 7.62. The average molecular weight is 405 g/mol. The monoisotopic (exact) mass is 404 g/mol. The number of hydrogen-bond donors (Lipinski definition) is 0. The molecule has 138 valence electrons. The second kappa shape index (κ2) is 8.38. The molecular formula is C23H17ClN2OS. The van der Waals surface area contributed by atoms with Crippen molar-refractivity contribution in [2.45, 2.75) is 0 Å². The molecule has 0 radical (unpaired) electrons. The first kappa shape index (κ1) is 18.4. The molecule has 3 nitrogen and oxygen atoms in total. The van der Waals surface area contributed by atoms with Crippen LogP contribution >= 0.6 is 22.9 Å². The molecule has 1 aromatic heterocycles. The van der Waals surface area contributed by atoms with E-state index >= 15 is 0 Å². The van der Waals surface area contributed by atoms with Gasteiger partial charge < -0.3 is 4.74 Å². The van der Waals surface area contributed by atoms with Crippen molar-refractivity contribution >= 4 is 34.3 Å². The number of benzene rings is 3. The fourth-order valence-corrected chi connectivity index (χ4v) is 3.95. The van der Waals surface area contributed by atoms with E-state index in [-0.39, 0.29) is 0 Å². The summed E-state index contributed by atoms with van der Waals surface area (Å²) < 4.78 is 5.27. The first-order chi connectivity index (χ1) is 13.7. The largest absolute Gasteiger partial charge is 0.497 e. The summed E-state index contributed by atoms with van der Waals surface area (Å²) in [6.07, 6.45) is 1.79. The highest BCUT2D eigenvalue weighted by atomic mass is 35.5. The van der Waals surface area contributed by atoms with Crippen LogP contribution in [-0.2, 0) is 0 Å². The quantitative estimate of drug-likeness (QED) is 0.339. The van der Waals surface area contributed by atoms with Crippen LogP contribution in [0.1, 0.15) is 5.56 Å². The first-order valence-corrected chi connectivity index (χ1v) is 9.93. The van der Waals surface area contributed by atoms with Crippen LogP contribution in [0.25, 0.3) is 21.7 Å². The van der Waals surface area contributed by atoms with E-state index in [9.17, 15) is 0 Å². The van der Waals surface area contributed by atoms with Gasteiger partial charge in [-0.3, -0.25) is 0 Å². The van der Waals surface area contributed by atoms with E-state index in [1.807, 2.05) is 66.7 Å². The molecule has 3 aromatic carbocycles. The van der Waals surface area contributed by atoms with E-state index in [1.54, 1.807) is 24.7 Å². The van der Waals surface area contributed by atoms with Gasteiger partial charge in [-0.1, -0.05) is 65.4 Å². The Morgan fingerprint density at radius 2 is 1.71 bits per heavy atom. The third-order valence-electron chi connectivity index (χ3n) is 4.19. The normalized spacial score (nSPS) is 11.1. The fourth-order valence-electron chi connectivity index (χ4n) is 2.81. The number of aliphatic imine (C=N–C) groups is 1. The van der Waals surface area contributed by atoms with Crippen LogP contribution in [-0.4, -0.2) is 18.3 Å². The molecule has 0 fully saturated rings. The lowest BCUT2D eigenvalue weighted by Crippen LogP contribution is -1.85. The number of thiazole rings is 1. The second-order valence-corrected chi connectivity index (χ2v) is 7.50. The molecule has 0 spiro atoms. The van der Waals surface area contributed by atoms with Gasteiger partial charge in [-0.2, -0.15) is 0 Å². The van der Waals surface area contributed by atoms with Gasteiger partial charge in [0.05, 0.1) is 17.7 Å². The molecule has 4 rings (SSSR count). The third-order valence-corrected chi connectivity index (χ3v) is 5.44. The van der Waals surface area contributed by atoms with Crippen LogP contribution in [0.2, 0.25) is 5.02 Å². The van der Waals surface area contributed by atoms with E-state index < -0.39 is 0 Å². The molecule has 0 aliphatic carbocycles. The molecule has 5 heteroatoms. The van der Waals surface area contributed by atoms with Crippen molar-refractivity contribution in [2.24, 2.45) is 4.99 Å². The van der Waals surface area contributed by atoms with Crippen molar-refractivity contribution in [1.82, 2.24) is 4.98 Å². The second-order valence-electron chi connectivity index (χ2n) is 6.08. The minimum Gasteiger partial charge on any atom is -0.497 e. The van der Waals surface area contributed by atoms with Gasteiger partial charge in [0.2, 0.25) is 5.13 Å². The molecule has 0 unspecified atom stereocenters. The summed E-state index contributed by atoms with van der Waals surface area (Å²) in [7, 11) is 1.66. The Balaban J connectivity index is 1.75. The number of aromatic nitrogens is 1. The van der Waals surface area contributed by atoms with Crippen molar-refractivity contribution < 1.29 is 4.74 Å². The molecule has 28 heavy (non-hydrogen) atoms. The third kappa shape index (κ3) is 4.14. The molecule has 0 N–H and O–H groups in total. The Morgan fingerprint density at radius 1 is 0.929 bits per heavy atom. The smallest absolute Gasteiger partial charge is 0.210 e. The van der Waals surface area contributed by atoms with Crippen molar-refractivity contribution in [3.63, 3.8) is 0 Å². The van der Waals surface area contributed by atoms with Gasteiger partial charge in [0.25, 0.3) is 0 Å². The summed E-state index contributed by atoms with van der Waals surface area (Å²) in [5.41, 5.74) is 4.00. The van der Waals surface area contributed by atoms with Crippen LogP contribution in [0.5, 0.6) is 5.75 Å². The molecule has 1 heterocycles. The maximum absolute atomic E-state index is 6.06. The standard InChI is InChI=1S/C23H17ClN2OS/c1-27-20-12-10-17(11-13-20)21-22(18-7-3-2-4-8-18)28-23(26-21)25-15-16-6-5-9-19(24)14-16/h2-15H,1H3.